The number of fused-ring (bicyclic) bond motifs is 1. The van der Waals surface area contributed by atoms with Crippen LogP contribution in [0, 0.1) is 10.1 Å². The maximum Gasteiger partial charge on any atom is 0.270 e. The Labute approximate surface area is 124 Å². The second kappa shape index (κ2) is 5.40. The van der Waals surface area contributed by atoms with Gasteiger partial charge in [-0.2, -0.15) is 5.10 Å². The summed E-state index contributed by atoms with van der Waals surface area (Å²) >= 11 is 0. The highest BCUT2D eigenvalue weighted by Gasteiger charge is 2.36. The lowest BCUT2D eigenvalue weighted by Gasteiger charge is -2.12. The molecule has 2 amide bonds. The van der Waals surface area contributed by atoms with Crippen molar-refractivity contribution in [3.8, 4) is 0 Å². The Kier molecular flexibility index (Phi) is 3.42. The molecule has 1 aliphatic heterocycles. The fraction of sp³-hybridized carbons (Fsp3) is 0.214. The average molecular weight is 300 g/mol. The molecule has 112 valence electrons. The molecular weight excluding hydrogens is 288 g/mol. The van der Waals surface area contributed by atoms with Crippen molar-refractivity contribution in [1.29, 1.82) is 0 Å². The molecule has 1 aromatic heterocycles. The van der Waals surface area contributed by atoms with E-state index >= 15 is 0 Å². The summed E-state index contributed by atoms with van der Waals surface area (Å²) in [6.45, 7) is 0.269. The number of aromatic amines is 1. The highest BCUT2D eigenvalue weighted by molar-refractivity contribution is 6.21. The second-order valence-corrected chi connectivity index (χ2v) is 4.96. The first-order valence-corrected chi connectivity index (χ1v) is 6.70. The fourth-order valence-electron chi connectivity index (χ4n) is 2.45. The maximum atomic E-state index is 12.2. The van der Waals surface area contributed by atoms with E-state index < -0.39 is 16.7 Å². The third-order valence-electron chi connectivity index (χ3n) is 3.57. The van der Waals surface area contributed by atoms with E-state index in [0.717, 1.165) is 16.5 Å². The monoisotopic (exact) mass is 300 g/mol. The number of nitro benzene ring substituents is 1. The standard InChI is InChI=1S/C14H12N4O4/c19-13-11-4-3-10(18(21)22)6-12(11)14(20)17(13)5-1-2-9-7-15-16-8-9/h3-4,6-8H,1-2,5H2,(H,15,16). The van der Waals surface area contributed by atoms with Gasteiger partial charge in [0.05, 0.1) is 22.2 Å². The van der Waals surface area contributed by atoms with Gasteiger partial charge in [0.25, 0.3) is 17.5 Å². The molecule has 0 fully saturated rings. The molecule has 2 aromatic rings. The molecule has 0 radical (unpaired) electrons. The van der Waals surface area contributed by atoms with Crippen LogP contribution in [0.15, 0.2) is 30.6 Å². The second-order valence-electron chi connectivity index (χ2n) is 4.96. The number of aryl methyl sites for hydroxylation is 1. The Bertz CT molecular complexity index is 754. The zero-order chi connectivity index (χ0) is 15.7. The summed E-state index contributed by atoms with van der Waals surface area (Å²) in [6.07, 6.45) is 4.73. The molecule has 3 rings (SSSR count). The number of nitrogens with zero attached hydrogens (tertiary/aromatic N) is 3. The van der Waals surface area contributed by atoms with Crippen molar-refractivity contribution >= 4 is 17.5 Å². The lowest BCUT2D eigenvalue weighted by Crippen LogP contribution is -2.30. The van der Waals surface area contributed by atoms with Gasteiger partial charge in [-0.1, -0.05) is 0 Å². The normalized spacial score (nSPS) is 13.5. The van der Waals surface area contributed by atoms with Crippen molar-refractivity contribution in [3.63, 3.8) is 0 Å². The Morgan fingerprint density at radius 3 is 2.68 bits per heavy atom. The van der Waals surface area contributed by atoms with Gasteiger partial charge in [0, 0.05) is 24.9 Å². The number of rotatable bonds is 5. The third-order valence-corrected chi connectivity index (χ3v) is 3.57. The lowest BCUT2D eigenvalue weighted by atomic mass is 10.1. The molecule has 2 heterocycles. The minimum atomic E-state index is -0.584. The molecule has 1 N–H and O–H groups in total. The van der Waals surface area contributed by atoms with E-state index in [1.807, 2.05) is 0 Å². The quantitative estimate of drug-likeness (QED) is 0.512. The molecule has 8 heteroatoms. The number of H-pyrrole nitrogens is 1. The van der Waals surface area contributed by atoms with E-state index in [4.69, 9.17) is 0 Å². The van der Waals surface area contributed by atoms with Crippen LogP contribution in [0.3, 0.4) is 0 Å². The van der Waals surface area contributed by atoms with Gasteiger partial charge in [-0.3, -0.25) is 29.7 Å². The van der Waals surface area contributed by atoms with Crippen LogP contribution >= 0.6 is 0 Å². The van der Waals surface area contributed by atoms with Gasteiger partial charge in [-0.25, -0.2) is 0 Å². The smallest absolute Gasteiger partial charge is 0.270 e. The molecule has 0 saturated heterocycles. The van der Waals surface area contributed by atoms with Crippen LogP contribution in [-0.2, 0) is 6.42 Å². The van der Waals surface area contributed by atoms with Crippen LogP contribution < -0.4 is 0 Å². The van der Waals surface area contributed by atoms with E-state index in [9.17, 15) is 19.7 Å². The number of nitrogens with one attached hydrogen (secondary N) is 1. The number of carbonyl (C=O) groups is 2. The van der Waals surface area contributed by atoms with E-state index in [2.05, 4.69) is 10.2 Å². The first-order chi connectivity index (χ1) is 10.6. The molecule has 22 heavy (non-hydrogen) atoms. The molecule has 0 spiro atoms. The molecule has 1 aliphatic rings. The van der Waals surface area contributed by atoms with Crippen LogP contribution in [-0.4, -0.2) is 38.4 Å². The van der Waals surface area contributed by atoms with Gasteiger partial charge in [-0.05, 0) is 24.5 Å². The predicted octanol–water partition coefficient (Wildman–Crippen LogP) is 1.55. The summed E-state index contributed by atoms with van der Waals surface area (Å²) in [6, 6.07) is 3.73. The van der Waals surface area contributed by atoms with Crippen molar-refractivity contribution in [2.45, 2.75) is 12.8 Å². The van der Waals surface area contributed by atoms with Crippen molar-refractivity contribution in [1.82, 2.24) is 15.1 Å². The number of amides is 2. The molecule has 0 bridgehead atoms. The molecular formula is C14H12N4O4. The predicted molar refractivity (Wildman–Crippen MR) is 75.4 cm³/mol. The largest absolute Gasteiger partial charge is 0.285 e. The summed E-state index contributed by atoms with van der Waals surface area (Å²) in [5, 5.41) is 17.3. The highest BCUT2D eigenvalue weighted by Crippen LogP contribution is 2.26. The van der Waals surface area contributed by atoms with E-state index in [-0.39, 0.29) is 23.4 Å². The lowest BCUT2D eigenvalue weighted by molar-refractivity contribution is -0.384. The number of nitro groups is 1. The fourth-order valence-corrected chi connectivity index (χ4v) is 2.45. The van der Waals surface area contributed by atoms with Crippen molar-refractivity contribution in [3.05, 3.63) is 57.4 Å². The molecule has 1 aromatic carbocycles. The number of carbonyl (C=O) groups excluding carboxylic acids is 2. The maximum absolute atomic E-state index is 12.2. The molecule has 0 saturated carbocycles. The topological polar surface area (TPSA) is 109 Å². The van der Waals surface area contributed by atoms with Gasteiger partial charge < -0.3 is 0 Å². The average Bonchev–Trinajstić information content (AvgIpc) is 3.10. The Morgan fingerprint density at radius 1 is 1.23 bits per heavy atom. The van der Waals surface area contributed by atoms with Crippen LogP contribution in [0.5, 0.6) is 0 Å². The first-order valence-electron chi connectivity index (χ1n) is 6.70. The number of aromatic nitrogens is 2. The highest BCUT2D eigenvalue weighted by atomic mass is 16.6. The molecule has 0 atom stereocenters. The van der Waals surface area contributed by atoms with Gasteiger partial charge >= 0.3 is 0 Å². The van der Waals surface area contributed by atoms with Gasteiger partial charge in [0.15, 0.2) is 0 Å². The van der Waals surface area contributed by atoms with Crippen LogP contribution in [0.2, 0.25) is 0 Å². The van der Waals surface area contributed by atoms with E-state index in [1.165, 1.54) is 12.1 Å². The molecule has 0 aliphatic carbocycles. The Hall–Kier alpha value is -3.03. The summed E-state index contributed by atoms with van der Waals surface area (Å²) < 4.78 is 0. The first kappa shape index (κ1) is 13.9. The van der Waals surface area contributed by atoms with Gasteiger partial charge in [0.2, 0.25) is 0 Å². The summed E-state index contributed by atoms with van der Waals surface area (Å²) in [5.41, 5.74) is 1.12. The van der Waals surface area contributed by atoms with Gasteiger partial charge in [-0.15, -0.1) is 0 Å². The summed E-state index contributed by atoms with van der Waals surface area (Å²) in [7, 11) is 0. The van der Waals surface area contributed by atoms with Gasteiger partial charge in [0.1, 0.15) is 0 Å². The number of benzene rings is 1. The molecule has 8 nitrogen and oxygen atoms in total. The number of imide groups is 1. The zero-order valence-corrected chi connectivity index (χ0v) is 11.5. The van der Waals surface area contributed by atoms with Crippen LogP contribution in [0.4, 0.5) is 5.69 Å². The van der Waals surface area contributed by atoms with E-state index in [1.54, 1.807) is 12.4 Å². The molecule has 0 unspecified atom stereocenters. The van der Waals surface area contributed by atoms with Crippen molar-refractivity contribution < 1.29 is 14.5 Å². The van der Waals surface area contributed by atoms with Crippen molar-refractivity contribution in [2.24, 2.45) is 0 Å². The number of non-ortho nitro benzene ring substituents is 1. The number of hydrogen-bond acceptors (Lipinski definition) is 5. The van der Waals surface area contributed by atoms with Crippen LogP contribution in [0.1, 0.15) is 32.7 Å². The minimum Gasteiger partial charge on any atom is -0.285 e. The van der Waals surface area contributed by atoms with Crippen LogP contribution in [0.25, 0.3) is 0 Å². The van der Waals surface area contributed by atoms with Crippen molar-refractivity contribution in [2.75, 3.05) is 6.54 Å². The van der Waals surface area contributed by atoms with E-state index in [0.29, 0.717) is 12.8 Å². The Balaban J connectivity index is 1.73. The number of hydrogen-bond donors (Lipinski definition) is 1. The minimum absolute atomic E-state index is 0.0995. The zero-order valence-electron chi connectivity index (χ0n) is 11.5. The SMILES string of the molecule is O=C1c2ccc([N+](=O)[O-])cc2C(=O)N1CCCc1cn[nH]c1. The summed E-state index contributed by atoms with van der Waals surface area (Å²) in [4.78, 5) is 35.7. The summed E-state index contributed by atoms with van der Waals surface area (Å²) in [5.74, 6) is -0.877. The Morgan fingerprint density at radius 2 is 2.00 bits per heavy atom. The third kappa shape index (κ3) is 2.34.